The summed E-state index contributed by atoms with van der Waals surface area (Å²) in [6, 6.07) is 1.32. The molecule has 0 atom stereocenters. The average molecular weight is 155 g/mol. The summed E-state index contributed by atoms with van der Waals surface area (Å²) in [5.74, 6) is -0.361. The molecule has 0 amide bonds. The van der Waals surface area contributed by atoms with Crippen molar-refractivity contribution in [3.8, 4) is 0 Å². The molecule has 0 aliphatic heterocycles. The summed E-state index contributed by atoms with van der Waals surface area (Å²) in [6.45, 7) is 3.19. The van der Waals surface area contributed by atoms with Crippen molar-refractivity contribution >= 4 is 0 Å². The molecule has 1 rings (SSSR count). The minimum atomic E-state index is -0.361. The van der Waals surface area contributed by atoms with E-state index in [2.05, 4.69) is 4.98 Å². The van der Waals surface area contributed by atoms with Crippen LogP contribution in [0.5, 0.6) is 0 Å². The molecule has 1 N–H and O–H groups in total. The van der Waals surface area contributed by atoms with Gasteiger partial charge in [-0.25, -0.2) is 4.39 Å². The Morgan fingerprint density at radius 2 is 2.09 bits per heavy atom. The second-order valence-corrected chi connectivity index (χ2v) is 2.46. The maximum absolute atomic E-state index is 12.8. The zero-order valence-corrected chi connectivity index (χ0v) is 6.56. The molecular formula is C8H10FNO. The molecule has 11 heavy (non-hydrogen) atoms. The molecule has 3 heteroatoms. The van der Waals surface area contributed by atoms with E-state index in [1.54, 1.807) is 13.8 Å². The summed E-state index contributed by atoms with van der Waals surface area (Å²) in [6.07, 6.45) is 0. The van der Waals surface area contributed by atoms with Crippen LogP contribution in [0.25, 0.3) is 0 Å². The van der Waals surface area contributed by atoms with Gasteiger partial charge in [0.25, 0.3) is 0 Å². The maximum Gasteiger partial charge on any atom is 0.144 e. The molecule has 1 aromatic heterocycles. The first-order valence-corrected chi connectivity index (χ1v) is 3.38. The Labute approximate surface area is 64.7 Å². The fourth-order valence-electron chi connectivity index (χ4n) is 0.899. The highest BCUT2D eigenvalue weighted by Gasteiger charge is 2.03. The summed E-state index contributed by atoms with van der Waals surface area (Å²) in [7, 11) is 0. The predicted molar refractivity (Wildman–Crippen MR) is 39.6 cm³/mol. The van der Waals surface area contributed by atoms with Gasteiger partial charge in [0.15, 0.2) is 0 Å². The molecule has 0 saturated carbocycles. The second-order valence-electron chi connectivity index (χ2n) is 2.46. The van der Waals surface area contributed by atoms with Gasteiger partial charge in [0, 0.05) is 11.3 Å². The number of aliphatic hydroxyl groups excluding tert-OH is 1. The first-order chi connectivity index (χ1) is 5.15. The van der Waals surface area contributed by atoms with Gasteiger partial charge in [0.05, 0.1) is 12.3 Å². The minimum Gasteiger partial charge on any atom is -0.392 e. The first kappa shape index (κ1) is 8.14. The van der Waals surface area contributed by atoms with E-state index in [9.17, 15) is 4.39 Å². The number of aliphatic hydroxyl groups is 1. The Kier molecular flexibility index (Phi) is 2.19. The number of hydrogen-bond donors (Lipinski definition) is 1. The van der Waals surface area contributed by atoms with Crippen molar-refractivity contribution in [3.63, 3.8) is 0 Å². The summed E-state index contributed by atoms with van der Waals surface area (Å²) in [5, 5.41) is 8.73. The molecule has 0 spiro atoms. The lowest BCUT2D eigenvalue weighted by Gasteiger charge is -2.02. The van der Waals surface area contributed by atoms with E-state index in [4.69, 9.17) is 5.11 Å². The molecule has 0 saturated heterocycles. The standard InChI is InChI=1S/C8H10FNO/c1-5-7(4-11)3-8(9)6(2)10-5/h3,11H,4H2,1-2H3. The molecule has 0 aliphatic carbocycles. The van der Waals surface area contributed by atoms with E-state index in [1.807, 2.05) is 0 Å². The molecule has 0 aromatic carbocycles. The van der Waals surface area contributed by atoms with Crippen molar-refractivity contribution in [2.45, 2.75) is 20.5 Å². The summed E-state index contributed by atoms with van der Waals surface area (Å²) >= 11 is 0. The van der Waals surface area contributed by atoms with Gasteiger partial charge in [-0.3, -0.25) is 4.98 Å². The van der Waals surface area contributed by atoms with Crippen molar-refractivity contribution in [1.29, 1.82) is 0 Å². The van der Waals surface area contributed by atoms with Crippen LogP contribution in [0, 0.1) is 19.7 Å². The van der Waals surface area contributed by atoms with Gasteiger partial charge in [0.2, 0.25) is 0 Å². The molecule has 0 fully saturated rings. The summed E-state index contributed by atoms with van der Waals surface area (Å²) in [5.41, 5.74) is 1.61. The number of rotatable bonds is 1. The number of halogens is 1. The average Bonchev–Trinajstić information content (AvgIpc) is 1.97. The fraction of sp³-hybridized carbons (Fsp3) is 0.375. The Hall–Kier alpha value is -0.960. The van der Waals surface area contributed by atoms with Crippen LogP contribution in [0.3, 0.4) is 0 Å². The maximum atomic E-state index is 12.8. The van der Waals surface area contributed by atoms with Crippen LogP contribution in [0.4, 0.5) is 4.39 Å². The van der Waals surface area contributed by atoms with Crippen LogP contribution < -0.4 is 0 Å². The predicted octanol–water partition coefficient (Wildman–Crippen LogP) is 1.33. The topological polar surface area (TPSA) is 33.1 Å². The lowest BCUT2D eigenvalue weighted by molar-refractivity contribution is 0.279. The first-order valence-electron chi connectivity index (χ1n) is 3.38. The number of aromatic nitrogens is 1. The lowest BCUT2D eigenvalue weighted by atomic mass is 10.2. The van der Waals surface area contributed by atoms with Crippen LogP contribution in [0.2, 0.25) is 0 Å². The van der Waals surface area contributed by atoms with Gasteiger partial charge in [-0.2, -0.15) is 0 Å². The largest absolute Gasteiger partial charge is 0.392 e. The monoisotopic (exact) mass is 155 g/mol. The van der Waals surface area contributed by atoms with E-state index in [1.165, 1.54) is 6.07 Å². The number of nitrogens with zero attached hydrogens (tertiary/aromatic N) is 1. The SMILES string of the molecule is Cc1nc(C)c(CO)cc1F. The number of hydrogen-bond acceptors (Lipinski definition) is 2. The van der Waals surface area contributed by atoms with Crippen LogP contribution in [-0.4, -0.2) is 10.1 Å². The van der Waals surface area contributed by atoms with E-state index in [-0.39, 0.29) is 12.4 Å². The third-order valence-corrected chi connectivity index (χ3v) is 1.62. The van der Waals surface area contributed by atoms with Gasteiger partial charge >= 0.3 is 0 Å². The lowest BCUT2D eigenvalue weighted by Crippen LogP contribution is -1.97. The van der Waals surface area contributed by atoms with Crippen molar-refractivity contribution in [3.05, 3.63) is 28.8 Å². The van der Waals surface area contributed by atoms with Gasteiger partial charge in [-0.1, -0.05) is 0 Å². The molecule has 0 bridgehead atoms. The van der Waals surface area contributed by atoms with Crippen molar-refractivity contribution in [1.82, 2.24) is 4.98 Å². The smallest absolute Gasteiger partial charge is 0.144 e. The highest BCUT2D eigenvalue weighted by Crippen LogP contribution is 2.10. The molecular weight excluding hydrogens is 145 g/mol. The molecule has 0 aliphatic rings. The summed E-state index contributed by atoms with van der Waals surface area (Å²) < 4.78 is 12.8. The molecule has 0 unspecified atom stereocenters. The quantitative estimate of drug-likeness (QED) is 0.663. The Balaban J connectivity index is 3.21. The highest BCUT2D eigenvalue weighted by molar-refractivity contribution is 5.22. The Morgan fingerprint density at radius 1 is 1.45 bits per heavy atom. The van der Waals surface area contributed by atoms with Gasteiger partial charge in [-0.15, -0.1) is 0 Å². The number of pyridine rings is 1. The van der Waals surface area contributed by atoms with Crippen LogP contribution in [0.1, 0.15) is 17.0 Å². The van der Waals surface area contributed by atoms with Crippen molar-refractivity contribution in [2.24, 2.45) is 0 Å². The zero-order valence-electron chi connectivity index (χ0n) is 6.56. The van der Waals surface area contributed by atoms with Crippen LogP contribution in [0.15, 0.2) is 6.07 Å². The fourth-order valence-corrected chi connectivity index (χ4v) is 0.899. The molecule has 1 heterocycles. The highest BCUT2D eigenvalue weighted by atomic mass is 19.1. The van der Waals surface area contributed by atoms with Crippen LogP contribution >= 0.6 is 0 Å². The third-order valence-electron chi connectivity index (χ3n) is 1.62. The second kappa shape index (κ2) is 2.96. The molecule has 1 aromatic rings. The van der Waals surface area contributed by atoms with Gasteiger partial charge in [0.1, 0.15) is 5.82 Å². The van der Waals surface area contributed by atoms with E-state index in [0.717, 1.165) is 0 Å². The van der Waals surface area contributed by atoms with Gasteiger partial charge in [-0.05, 0) is 19.9 Å². The molecule has 0 radical (unpaired) electrons. The normalized spacial score (nSPS) is 10.2. The minimum absolute atomic E-state index is 0.157. The van der Waals surface area contributed by atoms with E-state index >= 15 is 0 Å². The van der Waals surface area contributed by atoms with Crippen LogP contribution in [-0.2, 0) is 6.61 Å². The Morgan fingerprint density at radius 3 is 2.64 bits per heavy atom. The molecule has 60 valence electrons. The van der Waals surface area contributed by atoms with Gasteiger partial charge < -0.3 is 5.11 Å². The molecule has 2 nitrogen and oxygen atoms in total. The Bertz CT molecular complexity index is 273. The summed E-state index contributed by atoms with van der Waals surface area (Å²) in [4.78, 5) is 3.91. The van der Waals surface area contributed by atoms with Crippen molar-refractivity contribution in [2.75, 3.05) is 0 Å². The number of aryl methyl sites for hydroxylation is 2. The van der Waals surface area contributed by atoms with E-state index in [0.29, 0.717) is 17.0 Å². The van der Waals surface area contributed by atoms with Crippen molar-refractivity contribution < 1.29 is 9.50 Å². The zero-order chi connectivity index (χ0) is 8.43. The third kappa shape index (κ3) is 1.54. The van der Waals surface area contributed by atoms with E-state index < -0.39 is 0 Å².